The van der Waals surface area contributed by atoms with E-state index in [-0.39, 0.29) is 48.0 Å². The SMILES string of the molecule is C1=CC[C]([Zr][C]2=CC=CC2)=C1.Cl.Cl.O=C[NH][InH][NH]C=O. The molecule has 2 aliphatic rings. The number of hydrogen-bond donors (Lipinski definition) is 2. The summed E-state index contributed by atoms with van der Waals surface area (Å²) in [5, 5.41) is 0. The molecule has 8 heteroatoms. The molecular weight excluding hydrogens is 481 g/mol. The molecule has 0 bridgehead atoms. The Balaban J connectivity index is 0. The van der Waals surface area contributed by atoms with Gasteiger partial charge in [0.25, 0.3) is 0 Å². The third-order valence-corrected chi connectivity index (χ3v) is 7.75. The Hall–Kier alpha value is 0.233. The topological polar surface area (TPSA) is 58.2 Å². The molecule has 108 valence electrons. The fraction of sp³-hybridized carbons (Fsp3) is 0.167. The molecule has 0 aromatic heterocycles. The number of rotatable bonds is 6. The van der Waals surface area contributed by atoms with Crippen molar-refractivity contribution in [2.75, 3.05) is 0 Å². The van der Waals surface area contributed by atoms with Crippen molar-refractivity contribution in [2.24, 2.45) is 0 Å². The van der Waals surface area contributed by atoms with E-state index in [0.717, 1.165) is 0 Å². The van der Waals surface area contributed by atoms with Crippen LogP contribution in [-0.2, 0) is 32.8 Å². The maximum atomic E-state index is 9.47. The summed E-state index contributed by atoms with van der Waals surface area (Å²) in [5.41, 5.74) is 0. The van der Waals surface area contributed by atoms with Crippen molar-refractivity contribution in [3.63, 3.8) is 0 Å². The summed E-state index contributed by atoms with van der Waals surface area (Å²) in [6.07, 6.45) is 17.2. The van der Waals surface area contributed by atoms with Crippen molar-refractivity contribution in [1.29, 1.82) is 0 Å². The van der Waals surface area contributed by atoms with Crippen molar-refractivity contribution in [3.05, 3.63) is 43.0 Å². The molecule has 0 aromatic carbocycles. The summed E-state index contributed by atoms with van der Waals surface area (Å²) in [4.78, 5) is 18.9. The van der Waals surface area contributed by atoms with Crippen molar-refractivity contribution in [3.8, 4) is 0 Å². The van der Waals surface area contributed by atoms with Crippen LogP contribution >= 0.6 is 24.8 Å². The van der Waals surface area contributed by atoms with E-state index >= 15 is 0 Å². The van der Waals surface area contributed by atoms with Gasteiger partial charge in [0.05, 0.1) is 0 Å². The van der Waals surface area contributed by atoms with Crippen LogP contribution in [0.4, 0.5) is 0 Å². The minimum atomic E-state index is -1.35. The van der Waals surface area contributed by atoms with E-state index in [2.05, 4.69) is 43.1 Å². The molecule has 0 saturated carbocycles. The maximum absolute atomic E-state index is 9.47. The van der Waals surface area contributed by atoms with Gasteiger partial charge in [-0.1, -0.05) is 0 Å². The van der Waals surface area contributed by atoms with Crippen molar-refractivity contribution in [1.82, 2.24) is 6.61 Å². The molecule has 0 fully saturated rings. The van der Waals surface area contributed by atoms with Crippen LogP contribution in [0, 0.1) is 0 Å². The number of nitrogens with one attached hydrogen (secondary N) is 2. The Morgan fingerprint density at radius 3 is 1.70 bits per heavy atom. The van der Waals surface area contributed by atoms with Crippen LogP contribution in [0.5, 0.6) is 0 Å². The normalized spacial score (nSPS) is 13.4. The molecule has 4 nitrogen and oxygen atoms in total. The van der Waals surface area contributed by atoms with Gasteiger partial charge in [-0.2, -0.15) is 0 Å². The van der Waals surface area contributed by atoms with Crippen molar-refractivity contribution >= 4 is 61.1 Å². The van der Waals surface area contributed by atoms with Crippen LogP contribution in [0.15, 0.2) is 43.0 Å². The molecule has 0 heterocycles. The van der Waals surface area contributed by atoms with Gasteiger partial charge in [0, 0.05) is 0 Å². The molecule has 2 N–H and O–H groups in total. The van der Waals surface area contributed by atoms with Gasteiger partial charge in [0.2, 0.25) is 0 Å². The standard InChI is InChI=1S/2C5H5.2CH3NO.2ClH.In.Zr.H/c2*1-2-4-5-3-1;2*2-1-3;;;;;/h2*1-3H,4H2;2*1H,(H2,2,3);2*1H;;;/q;;;;;;+2;;/p-2. The van der Waals surface area contributed by atoms with E-state index in [1.807, 2.05) is 0 Å². The van der Waals surface area contributed by atoms with Gasteiger partial charge in [0.15, 0.2) is 0 Å². The predicted molar refractivity (Wildman–Crippen MR) is 83.7 cm³/mol. The zero-order valence-corrected chi connectivity index (χ0v) is 19.0. The molecule has 0 aliphatic heterocycles. The molecule has 0 spiro atoms. The number of carbonyl (C=O) groups is 2. The molecule has 0 unspecified atom stereocenters. The van der Waals surface area contributed by atoms with E-state index in [0.29, 0.717) is 12.8 Å². The van der Waals surface area contributed by atoms with E-state index < -0.39 is 23.5 Å². The van der Waals surface area contributed by atoms with Crippen LogP contribution < -0.4 is 6.61 Å². The fourth-order valence-electron chi connectivity index (χ4n) is 1.43. The summed E-state index contributed by atoms with van der Waals surface area (Å²) < 4.78 is 8.32. The van der Waals surface area contributed by atoms with Crippen LogP contribution in [0.3, 0.4) is 0 Å². The number of carbonyl (C=O) groups excluding carboxylic acids is 2. The van der Waals surface area contributed by atoms with Crippen molar-refractivity contribution in [2.45, 2.75) is 12.8 Å². The van der Waals surface area contributed by atoms with E-state index in [4.69, 9.17) is 0 Å². The molecule has 0 atom stereocenters. The Kier molecular flexibility index (Phi) is 17.6. The van der Waals surface area contributed by atoms with Gasteiger partial charge in [0.1, 0.15) is 0 Å². The fourth-order valence-corrected chi connectivity index (χ4v) is 5.22. The zero-order valence-electron chi connectivity index (χ0n) is 10.9. The summed E-state index contributed by atoms with van der Waals surface area (Å²) in [6.45, 7) is 0. The van der Waals surface area contributed by atoms with Crippen LogP contribution in [0.2, 0.25) is 0 Å². The van der Waals surface area contributed by atoms with Gasteiger partial charge >= 0.3 is 132 Å². The Morgan fingerprint density at radius 1 is 0.950 bits per heavy atom. The summed E-state index contributed by atoms with van der Waals surface area (Å²) in [7, 11) is 0. The number of halogens is 2. The first-order valence-corrected chi connectivity index (χ1v) is 12.2. The molecule has 20 heavy (non-hydrogen) atoms. The molecular formula is C12H17Cl2InN2O2Zr. The second-order valence-electron chi connectivity index (χ2n) is 3.59. The zero-order chi connectivity index (χ0) is 13.1. The van der Waals surface area contributed by atoms with Gasteiger partial charge < -0.3 is 0 Å². The van der Waals surface area contributed by atoms with Gasteiger partial charge in [-0.25, -0.2) is 0 Å². The number of allylic oxidation sites excluding steroid dienone is 8. The number of hydrogen-bond acceptors (Lipinski definition) is 2. The summed E-state index contributed by atoms with van der Waals surface area (Å²) in [5.74, 6) is 0. The van der Waals surface area contributed by atoms with Crippen LogP contribution in [0.1, 0.15) is 12.8 Å². The molecule has 0 radical (unpaired) electrons. The minimum absolute atomic E-state index is 0. The van der Waals surface area contributed by atoms with E-state index in [9.17, 15) is 9.59 Å². The first-order valence-electron chi connectivity index (χ1n) is 5.69. The van der Waals surface area contributed by atoms with E-state index in [1.54, 1.807) is 6.56 Å². The first kappa shape index (κ1) is 22.5. The van der Waals surface area contributed by atoms with Crippen LogP contribution in [-0.4, -0.2) is 36.3 Å². The van der Waals surface area contributed by atoms with Gasteiger partial charge in [-0.3, -0.25) is 0 Å². The average molecular weight is 498 g/mol. The molecule has 2 rings (SSSR count). The van der Waals surface area contributed by atoms with E-state index in [1.165, 1.54) is 12.8 Å². The first-order chi connectivity index (χ1) is 8.86. The Morgan fingerprint density at radius 2 is 1.40 bits per heavy atom. The third-order valence-electron chi connectivity index (χ3n) is 2.23. The summed E-state index contributed by atoms with van der Waals surface area (Å²) in [6, 6.07) is 0. The second kappa shape index (κ2) is 15.6. The predicted octanol–water partition coefficient (Wildman–Crippen LogP) is 1.34. The monoisotopic (exact) mass is 496 g/mol. The third kappa shape index (κ3) is 11.0. The number of amides is 2. The Bertz CT molecular complexity index is 376. The molecule has 0 aromatic rings. The van der Waals surface area contributed by atoms with Crippen molar-refractivity contribution < 1.29 is 32.8 Å². The van der Waals surface area contributed by atoms with Gasteiger partial charge in [-0.05, 0) is 0 Å². The second-order valence-corrected chi connectivity index (χ2v) is 10.7. The quantitative estimate of drug-likeness (QED) is 0.430. The Labute approximate surface area is 155 Å². The van der Waals surface area contributed by atoms with Gasteiger partial charge in [-0.15, -0.1) is 24.8 Å². The molecule has 2 aliphatic carbocycles. The molecule has 0 saturated heterocycles. The summed E-state index contributed by atoms with van der Waals surface area (Å²) >= 11 is -1.66. The molecule has 2 amide bonds. The van der Waals surface area contributed by atoms with Crippen LogP contribution in [0.25, 0.3) is 0 Å². The average Bonchev–Trinajstić information content (AvgIpc) is 3.05.